The minimum absolute atomic E-state index is 0.0983. The Labute approximate surface area is 259 Å². The molecule has 4 atom stereocenters. The number of carbonyl (C=O) groups is 2. The van der Waals surface area contributed by atoms with Crippen LogP contribution in [0.15, 0.2) is 103 Å². The van der Waals surface area contributed by atoms with Crippen LogP contribution in [0.4, 0.5) is 4.79 Å². The van der Waals surface area contributed by atoms with E-state index in [1.165, 1.54) is 0 Å². The average molecular weight is 598 g/mol. The molecule has 44 heavy (non-hydrogen) atoms. The van der Waals surface area contributed by atoms with Crippen molar-refractivity contribution in [2.45, 2.75) is 63.5 Å². The van der Waals surface area contributed by atoms with Gasteiger partial charge in [-0.3, -0.25) is 4.79 Å². The van der Waals surface area contributed by atoms with Gasteiger partial charge >= 0.3 is 6.09 Å². The number of amides is 2. The summed E-state index contributed by atoms with van der Waals surface area (Å²) in [6.45, 7) is 5.55. The summed E-state index contributed by atoms with van der Waals surface area (Å²) >= 11 is 0. The molecule has 4 aromatic carbocycles. The Kier molecular flexibility index (Phi) is 11.5. The molecular formula is C36H43N3O5. The Hall–Kier alpha value is -4.24. The first kappa shape index (κ1) is 32.7. The molecule has 0 aliphatic rings. The lowest BCUT2D eigenvalue weighted by Crippen LogP contribution is -2.52. The van der Waals surface area contributed by atoms with Crippen LogP contribution in [0.5, 0.6) is 0 Å². The van der Waals surface area contributed by atoms with Crippen molar-refractivity contribution in [3.05, 3.63) is 120 Å². The zero-order valence-electron chi connectivity index (χ0n) is 25.6. The van der Waals surface area contributed by atoms with E-state index in [0.717, 1.165) is 21.9 Å². The highest BCUT2D eigenvalue weighted by atomic mass is 16.6. The van der Waals surface area contributed by atoms with Crippen LogP contribution in [-0.2, 0) is 17.6 Å². The zero-order chi connectivity index (χ0) is 31.5. The summed E-state index contributed by atoms with van der Waals surface area (Å²) in [6.07, 6.45) is -1.74. The first-order chi connectivity index (χ1) is 21.1. The van der Waals surface area contributed by atoms with Crippen molar-refractivity contribution in [1.82, 2.24) is 16.0 Å². The molecule has 1 unspecified atom stereocenters. The first-order valence-corrected chi connectivity index (χ1v) is 15.0. The van der Waals surface area contributed by atoms with Gasteiger partial charge in [0.05, 0.1) is 24.3 Å². The molecule has 4 aromatic rings. The molecule has 0 aliphatic carbocycles. The van der Waals surface area contributed by atoms with E-state index in [1.807, 2.05) is 97.1 Å². The van der Waals surface area contributed by atoms with E-state index in [9.17, 15) is 19.8 Å². The molecule has 0 aliphatic heterocycles. The highest BCUT2D eigenvalue weighted by Gasteiger charge is 2.27. The molecule has 2 amide bonds. The number of alkyl carbamates (subject to hydrolysis) is 1. The summed E-state index contributed by atoms with van der Waals surface area (Å²) in [5.41, 5.74) is 1.75. The van der Waals surface area contributed by atoms with Gasteiger partial charge in [0.25, 0.3) is 5.91 Å². The van der Waals surface area contributed by atoms with Gasteiger partial charge in [0.2, 0.25) is 0 Å². The van der Waals surface area contributed by atoms with Crippen molar-refractivity contribution in [2.24, 2.45) is 0 Å². The van der Waals surface area contributed by atoms with Crippen LogP contribution < -0.4 is 16.0 Å². The van der Waals surface area contributed by atoms with E-state index in [0.29, 0.717) is 18.4 Å². The van der Waals surface area contributed by atoms with E-state index in [4.69, 9.17) is 4.74 Å². The zero-order valence-corrected chi connectivity index (χ0v) is 25.6. The molecule has 0 saturated heterocycles. The second-order valence-electron chi connectivity index (χ2n) is 12.1. The van der Waals surface area contributed by atoms with Crippen molar-refractivity contribution in [1.29, 1.82) is 0 Å². The Morgan fingerprint density at radius 2 is 1.18 bits per heavy atom. The standard InChI is InChI=1S/C36H43N3O5/c1-36(2,3)44-35(43)39-31(21-26-14-8-5-9-15-26)33(41)24-37-23-32(40)30(20-25-12-6-4-7-13-25)38-34(42)29-19-18-27-16-10-11-17-28(27)22-29/h4-19,22,30-33,37,40-41H,20-21,23-24H2,1-3H3,(H,38,42)(H,39,43)/t30-,31+,32?,33+/m1/s1. The summed E-state index contributed by atoms with van der Waals surface area (Å²) in [7, 11) is 0. The highest BCUT2D eigenvalue weighted by molar-refractivity contribution is 5.98. The topological polar surface area (TPSA) is 120 Å². The lowest BCUT2D eigenvalue weighted by atomic mass is 9.99. The lowest BCUT2D eigenvalue weighted by molar-refractivity contribution is 0.0416. The lowest BCUT2D eigenvalue weighted by Gasteiger charge is -2.28. The summed E-state index contributed by atoms with van der Waals surface area (Å²) in [6, 6.07) is 31.4. The van der Waals surface area contributed by atoms with Gasteiger partial charge in [-0.2, -0.15) is 0 Å². The third-order valence-corrected chi connectivity index (χ3v) is 7.26. The smallest absolute Gasteiger partial charge is 0.407 e. The Bertz CT molecular complexity index is 1490. The molecule has 232 valence electrons. The predicted octanol–water partition coefficient (Wildman–Crippen LogP) is 4.63. The number of rotatable bonds is 13. The number of aliphatic hydroxyl groups excluding tert-OH is 2. The molecule has 8 heteroatoms. The van der Waals surface area contributed by atoms with Crippen molar-refractivity contribution < 1.29 is 24.5 Å². The van der Waals surface area contributed by atoms with Crippen LogP contribution in [0.3, 0.4) is 0 Å². The monoisotopic (exact) mass is 597 g/mol. The van der Waals surface area contributed by atoms with Gasteiger partial charge in [-0.15, -0.1) is 0 Å². The van der Waals surface area contributed by atoms with Crippen LogP contribution in [0, 0.1) is 0 Å². The first-order valence-electron chi connectivity index (χ1n) is 15.0. The number of hydrogen-bond donors (Lipinski definition) is 5. The summed E-state index contributed by atoms with van der Waals surface area (Å²) in [4.78, 5) is 25.9. The molecule has 4 rings (SSSR count). The minimum Gasteiger partial charge on any atom is -0.444 e. The molecule has 0 bridgehead atoms. The summed E-state index contributed by atoms with van der Waals surface area (Å²) < 4.78 is 5.42. The third kappa shape index (κ3) is 10.2. The van der Waals surface area contributed by atoms with Crippen molar-refractivity contribution in [3.63, 3.8) is 0 Å². The molecule has 0 aromatic heterocycles. The van der Waals surface area contributed by atoms with Crippen molar-refractivity contribution in [3.8, 4) is 0 Å². The van der Waals surface area contributed by atoms with E-state index in [1.54, 1.807) is 26.8 Å². The number of ether oxygens (including phenoxy) is 1. The van der Waals surface area contributed by atoms with Gasteiger partial charge in [0, 0.05) is 18.7 Å². The quantitative estimate of drug-likeness (QED) is 0.153. The molecule has 0 spiro atoms. The SMILES string of the molecule is CC(C)(C)OC(=O)N[C@@H](Cc1ccccc1)[C@@H](O)CNCC(O)[C@@H](Cc1ccccc1)NC(=O)c1ccc2ccccc2c1. The van der Waals surface area contributed by atoms with E-state index in [2.05, 4.69) is 16.0 Å². The fourth-order valence-electron chi connectivity index (χ4n) is 5.01. The largest absolute Gasteiger partial charge is 0.444 e. The van der Waals surface area contributed by atoms with Gasteiger partial charge in [0.15, 0.2) is 0 Å². The second kappa shape index (κ2) is 15.5. The number of carbonyl (C=O) groups excluding carboxylic acids is 2. The maximum absolute atomic E-state index is 13.3. The molecule has 8 nitrogen and oxygen atoms in total. The average Bonchev–Trinajstić information content (AvgIpc) is 3.00. The van der Waals surface area contributed by atoms with Crippen LogP contribution in [-0.4, -0.2) is 65.2 Å². The van der Waals surface area contributed by atoms with Gasteiger partial charge in [-0.1, -0.05) is 91.0 Å². The van der Waals surface area contributed by atoms with Crippen LogP contribution in [0.25, 0.3) is 10.8 Å². The normalized spacial score (nSPS) is 14.3. The van der Waals surface area contributed by atoms with Crippen LogP contribution in [0.2, 0.25) is 0 Å². The number of hydrogen-bond acceptors (Lipinski definition) is 6. The molecular weight excluding hydrogens is 554 g/mol. The van der Waals surface area contributed by atoms with E-state index >= 15 is 0 Å². The second-order valence-corrected chi connectivity index (χ2v) is 12.1. The van der Waals surface area contributed by atoms with E-state index < -0.39 is 36.0 Å². The fourth-order valence-corrected chi connectivity index (χ4v) is 5.01. The summed E-state index contributed by atoms with van der Waals surface area (Å²) in [5.74, 6) is -0.278. The highest BCUT2D eigenvalue weighted by Crippen LogP contribution is 2.17. The number of fused-ring (bicyclic) bond motifs is 1. The van der Waals surface area contributed by atoms with E-state index in [-0.39, 0.29) is 19.0 Å². The number of benzene rings is 4. The Balaban J connectivity index is 1.41. The van der Waals surface area contributed by atoms with Gasteiger partial charge in [-0.25, -0.2) is 4.79 Å². The molecule has 5 N–H and O–H groups in total. The molecule has 0 heterocycles. The van der Waals surface area contributed by atoms with Crippen molar-refractivity contribution in [2.75, 3.05) is 13.1 Å². The molecule has 0 fully saturated rings. The fraction of sp³-hybridized carbons (Fsp3) is 0.333. The Morgan fingerprint density at radius 1 is 0.682 bits per heavy atom. The van der Waals surface area contributed by atoms with Crippen LogP contribution in [0.1, 0.15) is 42.3 Å². The minimum atomic E-state index is -0.977. The molecule has 0 radical (unpaired) electrons. The maximum atomic E-state index is 13.3. The van der Waals surface area contributed by atoms with Gasteiger partial charge in [0.1, 0.15) is 5.60 Å². The third-order valence-electron chi connectivity index (χ3n) is 7.26. The summed E-state index contributed by atoms with van der Waals surface area (Å²) in [5, 5.41) is 33.3. The van der Waals surface area contributed by atoms with Crippen LogP contribution >= 0.6 is 0 Å². The maximum Gasteiger partial charge on any atom is 0.407 e. The predicted molar refractivity (Wildman–Crippen MR) is 174 cm³/mol. The number of aliphatic hydroxyl groups is 2. The van der Waals surface area contributed by atoms with Gasteiger partial charge in [-0.05, 0) is 67.6 Å². The van der Waals surface area contributed by atoms with Crippen molar-refractivity contribution >= 4 is 22.8 Å². The Morgan fingerprint density at radius 3 is 1.73 bits per heavy atom. The number of nitrogens with one attached hydrogen (secondary N) is 3. The van der Waals surface area contributed by atoms with Gasteiger partial charge < -0.3 is 30.9 Å². The molecule has 0 saturated carbocycles.